The Labute approximate surface area is 315 Å². The topological polar surface area (TPSA) is 189 Å². The first-order valence-electron chi connectivity index (χ1n) is 18.2. The lowest BCUT2D eigenvalue weighted by Gasteiger charge is -2.35. The van der Waals surface area contributed by atoms with E-state index in [-0.39, 0.29) is 61.4 Å². The van der Waals surface area contributed by atoms with E-state index >= 15 is 0 Å². The largest absolute Gasteiger partial charge is 0.472 e. The predicted molar refractivity (Wildman–Crippen MR) is 203 cm³/mol. The maximum absolute atomic E-state index is 14.5. The van der Waals surface area contributed by atoms with Crippen molar-refractivity contribution in [2.24, 2.45) is 11.1 Å². The second-order valence-corrected chi connectivity index (χ2v) is 16.3. The van der Waals surface area contributed by atoms with Gasteiger partial charge in [0.15, 0.2) is 0 Å². The van der Waals surface area contributed by atoms with Crippen molar-refractivity contribution in [3.63, 3.8) is 0 Å². The Bertz CT molecular complexity index is 2240. The third-order valence-corrected chi connectivity index (χ3v) is 12.1. The van der Waals surface area contributed by atoms with E-state index in [1.165, 1.54) is 16.6 Å². The molecule has 3 N–H and O–H groups in total. The number of Topliss-reactive ketones (excluding diaryl/α,β-unsaturated/α-hetero) is 1. The average molecular weight is 757 g/mol. The van der Waals surface area contributed by atoms with Crippen LogP contribution in [0.25, 0.3) is 11.0 Å². The molecule has 1 aliphatic heterocycles. The fraction of sp³-hybridized carbons (Fsp3) is 0.436. The molecule has 1 aliphatic rings. The lowest BCUT2D eigenvalue weighted by atomic mass is 9.66. The molecule has 3 atom stereocenters. The fourth-order valence-electron chi connectivity index (χ4n) is 6.95. The van der Waals surface area contributed by atoms with Crippen LogP contribution >= 0.6 is 0 Å². The number of pyridine rings is 1. The third-order valence-electron chi connectivity index (χ3n) is 10.3. The van der Waals surface area contributed by atoms with Crippen molar-refractivity contribution in [1.29, 1.82) is 0 Å². The molecule has 54 heavy (non-hydrogen) atoms. The summed E-state index contributed by atoms with van der Waals surface area (Å²) in [5.41, 5.74) is 11.4. The number of rotatable bonds is 14. The normalized spacial score (nSPS) is 17.0. The zero-order valence-corrected chi connectivity index (χ0v) is 32.4. The number of benzene rings is 2. The zero-order chi connectivity index (χ0) is 38.8. The number of fused-ring (bicyclic) bond motifs is 2. The zero-order valence-electron chi connectivity index (χ0n) is 31.6. The first kappa shape index (κ1) is 38.9. The highest BCUT2D eigenvalue weighted by molar-refractivity contribution is 7.89. The van der Waals surface area contributed by atoms with Crippen molar-refractivity contribution in [3.8, 4) is 11.9 Å². The van der Waals surface area contributed by atoms with E-state index < -0.39 is 27.4 Å². The summed E-state index contributed by atoms with van der Waals surface area (Å²) in [6.45, 7) is 12.6. The van der Waals surface area contributed by atoms with Crippen LogP contribution in [-0.4, -0.2) is 85.5 Å². The van der Waals surface area contributed by atoms with E-state index in [1.54, 1.807) is 18.5 Å². The summed E-state index contributed by atoms with van der Waals surface area (Å²) in [6.07, 6.45) is 4.93. The second kappa shape index (κ2) is 15.9. The van der Waals surface area contributed by atoms with Gasteiger partial charge < -0.3 is 20.3 Å². The number of aliphatic hydroxyl groups is 1. The van der Waals surface area contributed by atoms with Crippen LogP contribution in [0.15, 0.2) is 66.0 Å². The number of aromatic nitrogens is 6. The van der Waals surface area contributed by atoms with Gasteiger partial charge in [0.25, 0.3) is 0 Å². The summed E-state index contributed by atoms with van der Waals surface area (Å²) >= 11 is 0. The molecule has 0 bridgehead atoms. The van der Waals surface area contributed by atoms with Crippen LogP contribution in [0.4, 0.5) is 0 Å². The summed E-state index contributed by atoms with van der Waals surface area (Å²) in [5, 5.41) is 18.1. The van der Waals surface area contributed by atoms with Crippen molar-refractivity contribution in [2.75, 3.05) is 19.8 Å². The quantitative estimate of drug-likeness (QED) is 0.164. The maximum Gasteiger partial charge on any atom is 0.316 e. The summed E-state index contributed by atoms with van der Waals surface area (Å²) in [5.74, 6) is -0.392. The van der Waals surface area contributed by atoms with E-state index in [0.717, 1.165) is 38.9 Å². The van der Waals surface area contributed by atoms with Crippen LogP contribution in [0.1, 0.15) is 73.4 Å². The number of aryl methyl sites for hydroxylation is 3. The van der Waals surface area contributed by atoms with Gasteiger partial charge in [-0.25, -0.2) is 28.1 Å². The van der Waals surface area contributed by atoms with E-state index in [9.17, 15) is 18.3 Å². The number of carbonyl (C=O) groups is 1. The minimum Gasteiger partial charge on any atom is -0.472 e. The van der Waals surface area contributed by atoms with Crippen LogP contribution in [0.2, 0.25) is 0 Å². The predicted octanol–water partition coefficient (Wildman–Crippen LogP) is 4.28. The standard InChI is InChI=1S/C39H48N8O6S/c1-7-30-21-46(54(50,51)33-10-9-15-41-37(33)53-30)20-28-17-27(12-11-24(28)3)35(31-13-14-32-36(25(31)4)44-45-47(32)8-2)39(5,6)34(49)16-26-18-42-38(43-19-26)52-23-29(40)22-48/h9-15,17-19,29-30,35,48H,7-8,16,20-23,40H2,1-6H3/t29?,30-,35+/m1/s1. The number of nitrogens with two attached hydrogens (primary N) is 1. The summed E-state index contributed by atoms with van der Waals surface area (Å²) in [7, 11) is -3.95. The molecule has 0 fully saturated rings. The SMILES string of the molecule is CC[C@@H]1CN(Cc2cc([C@@H](c3ccc4c(nnn4CC)c3C)C(C)(C)C(=O)Cc3cnc(OCC(N)CO)nc3)ccc2C)S(=O)(=O)c2cccnc2O1. The lowest BCUT2D eigenvalue weighted by molar-refractivity contribution is -0.127. The molecule has 3 aromatic heterocycles. The third kappa shape index (κ3) is 7.71. The Morgan fingerprint density at radius 3 is 2.57 bits per heavy atom. The number of ketones is 1. The molecule has 0 saturated heterocycles. The van der Waals surface area contributed by atoms with Crippen LogP contribution in [0, 0.1) is 19.3 Å². The van der Waals surface area contributed by atoms with Gasteiger partial charge in [-0.15, -0.1) is 5.10 Å². The molecule has 0 spiro atoms. The highest BCUT2D eigenvalue weighted by Crippen LogP contribution is 2.45. The molecule has 0 aliphatic carbocycles. The Kier molecular flexibility index (Phi) is 11.4. The van der Waals surface area contributed by atoms with Gasteiger partial charge in [-0.2, -0.15) is 4.31 Å². The number of nitrogens with zero attached hydrogens (tertiary/aromatic N) is 7. The Balaban J connectivity index is 1.39. The molecular formula is C39H48N8O6S. The summed E-state index contributed by atoms with van der Waals surface area (Å²) in [6, 6.07) is 12.8. The van der Waals surface area contributed by atoms with Crippen molar-refractivity contribution >= 4 is 26.8 Å². The minimum atomic E-state index is -3.95. The maximum atomic E-state index is 14.5. The first-order chi connectivity index (χ1) is 25.8. The molecule has 0 saturated carbocycles. The van der Waals surface area contributed by atoms with Crippen LogP contribution < -0.4 is 15.2 Å². The molecule has 1 unspecified atom stereocenters. The molecular weight excluding hydrogens is 709 g/mol. The van der Waals surface area contributed by atoms with Gasteiger partial charge >= 0.3 is 6.01 Å². The molecule has 5 aromatic rings. The van der Waals surface area contributed by atoms with Gasteiger partial charge in [0.05, 0.1) is 24.7 Å². The van der Waals surface area contributed by atoms with Crippen molar-refractivity contribution < 1.29 is 27.8 Å². The number of aliphatic hydroxyl groups excluding tert-OH is 1. The molecule has 286 valence electrons. The van der Waals surface area contributed by atoms with Gasteiger partial charge in [-0.05, 0) is 78.8 Å². The first-order valence-corrected chi connectivity index (χ1v) is 19.6. The van der Waals surface area contributed by atoms with Crippen molar-refractivity contribution in [1.82, 2.24) is 34.3 Å². The van der Waals surface area contributed by atoms with Gasteiger partial charge in [0.2, 0.25) is 15.9 Å². The minimum absolute atomic E-state index is 0.0423. The molecule has 0 radical (unpaired) electrons. The number of ether oxygens (including phenoxy) is 2. The monoisotopic (exact) mass is 756 g/mol. The van der Waals surface area contributed by atoms with Crippen LogP contribution in [-0.2, 0) is 34.3 Å². The molecule has 0 amide bonds. The van der Waals surface area contributed by atoms with Gasteiger partial charge in [0.1, 0.15) is 28.9 Å². The van der Waals surface area contributed by atoms with E-state index in [0.29, 0.717) is 18.5 Å². The molecule has 4 heterocycles. The number of hydrogen-bond donors (Lipinski definition) is 2. The number of hydrogen-bond acceptors (Lipinski definition) is 12. The lowest BCUT2D eigenvalue weighted by Crippen LogP contribution is -2.37. The Morgan fingerprint density at radius 1 is 1.11 bits per heavy atom. The summed E-state index contributed by atoms with van der Waals surface area (Å²) < 4.78 is 43.0. The highest BCUT2D eigenvalue weighted by Gasteiger charge is 2.41. The average Bonchev–Trinajstić information content (AvgIpc) is 3.55. The van der Waals surface area contributed by atoms with Crippen molar-refractivity contribution in [3.05, 3.63) is 94.4 Å². The van der Waals surface area contributed by atoms with Gasteiger partial charge in [0, 0.05) is 49.4 Å². The molecule has 15 heteroatoms. The summed E-state index contributed by atoms with van der Waals surface area (Å²) in [4.78, 5) is 27.3. The second-order valence-electron chi connectivity index (χ2n) is 14.4. The van der Waals surface area contributed by atoms with E-state index in [4.69, 9.17) is 15.2 Å². The number of carbonyl (C=O) groups excluding carboxylic acids is 1. The van der Waals surface area contributed by atoms with E-state index in [1.807, 2.05) is 76.6 Å². The Morgan fingerprint density at radius 2 is 1.87 bits per heavy atom. The molecule has 2 aromatic carbocycles. The number of sulfonamides is 1. The smallest absolute Gasteiger partial charge is 0.316 e. The van der Waals surface area contributed by atoms with Crippen LogP contribution in [0.3, 0.4) is 0 Å². The van der Waals surface area contributed by atoms with E-state index in [2.05, 4.69) is 25.3 Å². The Hall–Kier alpha value is -4.83. The fourth-order valence-corrected chi connectivity index (χ4v) is 8.47. The molecule has 14 nitrogen and oxygen atoms in total. The van der Waals surface area contributed by atoms with Gasteiger partial charge in [-0.3, -0.25) is 4.79 Å². The highest BCUT2D eigenvalue weighted by atomic mass is 32.2. The van der Waals surface area contributed by atoms with Crippen LogP contribution in [0.5, 0.6) is 11.9 Å². The van der Waals surface area contributed by atoms with Gasteiger partial charge in [-0.1, -0.05) is 50.3 Å². The van der Waals surface area contributed by atoms with Crippen molar-refractivity contribution in [2.45, 2.75) is 90.4 Å². The molecule has 6 rings (SSSR count).